The molecule has 0 spiro atoms. The zero-order chi connectivity index (χ0) is 26.1. The van der Waals surface area contributed by atoms with Crippen LogP contribution in [-0.2, 0) is 27.4 Å². The first kappa shape index (κ1) is 26.5. The lowest BCUT2D eigenvalue weighted by Crippen LogP contribution is -2.54. The molecule has 0 aromatic heterocycles. The highest BCUT2D eigenvalue weighted by Crippen LogP contribution is 2.39. The molecule has 1 saturated carbocycles. The Morgan fingerprint density at radius 2 is 1.64 bits per heavy atom. The van der Waals surface area contributed by atoms with Crippen LogP contribution >= 0.6 is 0 Å². The van der Waals surface area contributed by atoms with Crippen LogP contribution in [0, 0.1) is 5.92 Å². The molecule has 4 rings (SSSR count). The zero-order valence-corrected chi connectivity index (χ0v) is 19.7. The fourth-order valence-electron chi connectivity index (χ4n) is 4.49. The highest BCUT2D eigenvalue weighted by Gasteiger charge is 2.41. The van der Waals surface area contributed by atoms with E-state index in [1.165, 1.54) is 6.92 Å². The number of halogens is 6. The Morgan fingerprint density at radius 3 is 2.14 bits per heavy atom. The van der Waals surface area contributed by atoms with Gasteiger partial charge in [-0.25, -0.2) is 0 Å². The number of alkyl halides is 6. The van der Waals surface area contributed by atoms with E-state index < -0.39 is 35.1 Å². The summed E-state index contributed by atoms with van der Waals surface area (Å²) in [6.07, 6.45) is -7.84. The molecule has 2 aliphatic rings. The molecule has 36 heavy (non-hydrogen) atoms. The van der Waals surface area contributed by atoms with E-state index in [0.717, 1.165) is 18.4 Å². The molecule has 1 heterocycles. The third-order valence-electron chi connectivity index (χ3n) is 6.89. The van der Waals surface area contributed by atoms with Crippen LogP contribution in [0.3, 0.4) is 0 Å². The Morgan fingerprint density at radius 1 is 1.03 bits per heavy atom. The predicted molar refractivity (Wildman–Crippen MR) is 121 cm³/mol. The average Bonchev–Trinajstić information content (AvgIpc) is 3.66. The second kappa shape index (κ2) is 10.0. The Labute approximate surface area is 205 Å². The SMILES string of the molecule is CC(OCC1(c2ccccc2)CCC(C(=O)NC2CC2)CN1)c1cc(C(F)(F)F)cc(C(F)(F)F)c1. The van der Waals surface area contributed by atoms with Gasteiger partial charge in [-0.2, -0.15) is 26.3 Å². The number of carbonyl (C=O) groups excluding carboxylic acids is 1. The second-order valence-corrected chi connectivity index (χ2v) is 9.64. The van der Waals surface area contributed by atoms with Gasteiger partial charge in [0.05, 0.1) is 35.3 Å². The van der Waals surface area contributed by atoms with E-state index in [1.807, 2.05) is 30.3 Å². The number of piperidine rings is 1. The van der Waals surface area contributed by atoms with Crippen molar-refractivity contribution in [2.45, 2.75) is 62.6 Å². The van der Waals surface area contributed by atoms with Gasteiger partial charge in [-0.3, -0.25) is 4.79 Å². The fraction of sp³-hybridized carbons (Fsp3) is 0.500. The zero-order valence-electron chi connectivity index (χ0n) is 19.7. The number of ether oxygens (including phenoxy) is 1. The number of nitrogens with one attached hydrogen (secondary N) is 2. The fourth-order valence-corrected chi connectivity index (χ4v) is 4.49. The van der Waals surface area contributed by atoms with Crippen molar-refractivity contribution in [1.82, 2.24) is 10.6 Å². The maximum Gasteiger partial charge on any atom is 0.416 e. The van der Waals surface area contributed by atoms with Gasteiger partial charge < -0.3 is 15.4 Å². The summed E-state index contributed by atoms with van der Waals surface area (Å²) < 4.78 is 85.7. The maximum atomic E-state index is 13.3. The predicted octanol–water partition coefficient (Wildman–Crippen LogP) is 5.98. The standard InChI is InChI=1S/C26H28F6N2O2/c1-16(18-11-20(25(27,28)29)13-21(12-18)26(30,31)32)36-15-24(19-5-3-2-4-6-19)10-9-17(14-33-24)23(35)34-22-7-8-22/h2-6,11-13,16-17,22,33H,7-10,14-15H2,1H3,(H,34,35). The van der Waals surface area contributed by atoms with E-state index in [4.69, 9.17) is 4.74 Å². The van der Waals surface area contributed by atoms with Gasteiger partial charge in [0.1, 0.15) is 0 Å². The highest BCUT2D eigenvalue weighted by molar-refractivity contribution is 5.79. The highest BCUT2D eigenvalue weighted by atomic mass is 19.4. The van der Waals surface area contributed by atoms with E-state index in [0.29, 0.717) is 31.5 Å². The minimum atomic E-state index is -4.93. The smallest absolute Gasteiger partial charge is 0.372 e. The molecule has 1 amide bonds. The van der Waals surface area contributed by atoms with Crippen LogP contribution in [0.25, 0.3) is 0 Å². The Bertz CT molecular complexity index is 1030. The Kier molecular flexibility index (Phi) is 7.39. The van der Waals surface area contributed by atoms with Crippen molar-refractivity contribution in [2.75, 3.05) is 13.2 Å². The van der Waals surface area contributed by atoms with E-state index >= 15 is 0 Å². The van der Waals surface area contributed by atoms with E-state index in [9.17, 15) is 31.1 Å². The monoisotopic (exact) mass is 514 g/mol. The van der Waals surface area contributed by atoms with Gasteiger partial charge in [-0.05, 0) is 61.9 Å². The first-order valence-corrected chi connectivity index (χ1v) is 11.9. The third-order valence-corrected chi connectivity index (χ3v) is 6.89. The van der Waals surface area contributed by atoms with Gasteiger partial charge >= 0.3 is 12.4 Å². The first-order valence-electron chi connectivity index (χ1n) is 11.9. The maximum absolute atomic E-state index is 13.3. The van der Waals surface area contributed by atoms with Crippen molar-refractivity contribution in [3.63, 3.8) is 0 Å². The van der Waals surface area contributed by atoms with Crippen molar-refractivity contribution in [3.05, 3.63) is 70.8 Å². The average molecular weight is 515 g/mol. The number of hydrogen-bond acceptors (Lipinski definition) is 3. The number of carbonyl (C=O) groups is 1. The van der Waals surface area contributed by atoms with Crippen molar-refractivity contribution >= 4 is 5.91 Å². The van der Waals surface area contributed by atoms with Crippen LogP contribution in [0.4, 0.5) is 26.3 Å². The third kappa shape index (κ3) is 6.21. The minimum absolute atomic E-state index is 0.00669. The molecule has 196 valence electrons. The van der Waals surface area contributed by atoms with Gasteiger partial charge in [-0.15, -0.1) is 0 Å². The van der Waals surface area contributed by atoms with E-state index in [1.54, 1.807) is 0 Å². The lowest BCUT2D eigenvalue weighted by molar-refractivity contribution is -0.143. The first-order chi connectivity index (χ1) is 16.9. The number of amides is 1. The number of benzene rings is 2. The molecule has 0 bridgehead atoms. The summed E-state index contributed by atoms with van der Waals surface area (Å²) in [5, 5.41) is 6.41. The molecule has 0 radical (unpaired) electrons. The van der Waals surface area contributed by atoms with Gasteiger partial charge in [0, 0.05) is 12.6 Å². The minimum Gasteiger partial charge on any atom is -0.372 e. The number of hydrogen-bond donors (Lipinski definition) is 2. The molecule has 3 unspecified atom stereocenters. The molecule has 2 N–H and O–H groups in total. The Balaban J connectivity index is 1.53. The van der Waals surface area contributed by atoms with Crippen molar-refractivity contribution in [1.29, 1.82) is 0 Å². The van der Waals surface area contributed by atoms with Crippen LogP contribution in [0.5, 0.6) is 0 Å². The van der Waals surface area contributed by atoms with Crippen LogP contribution in [0.2, 0.25) is 0 Å². The molecule has 3 atom stereocenters. The molecule has 2 aromatic carbocycles. The lowest BCUT2D eigenvalue weighted by Gasteiger charge is -2.42. The Hall–Kier alpha value is -2.59. The summed E-state index contributed by atoms with van der Waals surface area (Å²) in [5.41, 5.74) is -2.82. The normalized spacial score (nSPS) is 23.8. The summed E-state index contributed by atoms with van der Waals surface area (Å²) in [7, 11) is 0. The van der Waals surface area contributed by atoms with Crippen molar-refractivity contribution < 1.29 is 35.9 Å². The topological polar surface area (TPSA) is 50.4 Å². The van der Waals surface area contributed by atoms with Gasteiger partial charge in [0.25, 0.3) is 0 Å². The summed E-state index contributed by atoms with van der Waals surface area (Å²) in [6.45, 7) is 1.82. The van der Waals surface area contributed by atoms with Crippen molar-refractivity contribution in [2.24, 2.45) is 5.92 Å². The van der Waals surface area contributed by atoms with Crippen LogP contribution in [-0.4, -0.2) is 25.1 Å². The van der Waals surface area contributed by atoms with Gasteiger partial charge in [0.2, 0.25) is 5.91 Å². The molecule has 1 aliphatic carbocycles. The van der Waals surface area contributed by atoms with E-state index in [-0.39, 0.29) is 36.1 Å². The second-order valence-electron chi connectivity index (χ2n) is 9.64. The summed E-state index contributed by atoms with van der Waals surface area (Å²) in [4.78, 5) is 12.5. The molecule has 10 heteroatoms. The summed E-state index contributed by atoms with van der Waals surface area (Å²) >= 11 is 0. The molecule has 1 saturated heterocycles. The molecule has 2 aromatic rings. The van der Waals surface area contributed by atoms with Gasteiger partial charge in [-0.1, -0.05) is 30.3 Å². The summed E-state index contributed by atoms with van der Waals surface area (Å²) in [5.74, 6) is -0.234. The number of rotatable bonds is 7. The van der Waals surface area contributed by atoms with Crippen molar-refractivity contribution in [3.8, 4) is 0 Å². The molecule has 2 fully saturated rings. The quantitative estimate of drug-likeness (QED) is 0.448. The van der Waals surface area contributed by atoms with Gasteiger partial charge in [0.15, 0.2) is 0 Å². The van der Waals surface area contributed by atoms with E-state index in [2.05, 4.69) is 10.6 Å². The van der Waals surface area contributed by atoms with Crippen LogP contribution in [0.15, 0.2) is 48.5 Å². The molecular formula is C26H28F6N2O2. The molecule has 4 nitrogen and oxygen atoms in total. The molecule has 1 aliphatic heterocycles. The largest absolute Gasteiger partial charge is 0.416 e. The van der Waals surface area contributed by atoms with Crippen LogP contribution < -0.4 is 10.6 Å². The molecular weight excluding hydrogens is 486 g/mol. The lowest BCUT2D eigenvalue weighted by atomic mass is 9.79. The summed E-state index contributed by atoms with van der Waals surface area (Å²) in [6, 6.07) is 11.1. The van der Waals surface area contributed by atoms with Crippen LogP contribution in [0.1, 0.15) is 61.0 Å².